The molecule has 1 N–H and O–H groups in total. The van der Waals surface area contributed by atoms with Crippen molar-refractivity contribution in [3.8, 4) is 0 Å². The van der Waals surface area contributed by atoms with Crippen LogP contribution in [-0.4, -0.2) is 45.5 Å². The number of carbonyl (C=O) groups is 1. The van der Waals surface area contributed by atoms with Crippen LogP contribution < -0.4 is 4.72 Å². The molecular formula is C19H22N2O4S. The van der Waals surface area contributed by atoms with Crippen molar-refractivity contribution in [1.82, 2.24) is 4.90 Å². The Labute approximate surface area is 153 Å². The van der Waals surface area contributed by atoms with Gasteiger partial charge in [-0.25, -0.2) is 8.42 Å². The first-order valence-corrected chi connectivity index (χ1v) is 9.93. The van der Waals surface area contributed by atoms with Gasteiger partial charge in [0.15, 0.2) is 0 Å². The Morgan fingerprint density at radius 1 is 1.04 bits per heavy atom. The number of sulfonamides is 1. The molecule has 0 aromatic heterocycles. The molecule has 7 heteroatoms. The molecule has 1 saturated heterocycles. The lowest BCUT2D eigenvalue weighted by molar-refractivity contribution is 0.0302. The van der Waals surface area contributed by atoms with Gasteiger partial charge in [-0.1, -0.05) is 23.8 Å². The van der Waals surface area contributed by atoms with E-state index in [1.165, 1.54) is 0 Å². The molecule has 0 radical (unpaired) electrons. The van der Waals surface area contributed by atoms with Crippen LogP contribution in [-0.2, 0) is 14.8 Å². The SMILES string of the molecule is Cc1ccc(S(=O)(=O)Nc2cccc(C(=O)N3CCOCC3)c2C)cc1. The summed E-state index contributed by atoms with van der Waals surface area (Å²) in [5.74, 6) is -0.109. The van der Waals surface area contributed by atoms with Crippen molar-refractivity contribution < 1.29 is 17.9 Å². The lowest BCUT2D eigenvalue weighted by Crippen LogP contribution is -2.41. The zero-order valence-electron chi connectivity index (χ0n) is 14.9. The van der Waals surface area contributed by atoms with Gasteiger partial charge in [0.05, 0.1) is 23.8 Å². The van der Waals surface area contributed by atoms with E-state index in [4.69, 9.17) is 4.74 Å². The number of rotatable bonds is 4. The molecule has 2 aromatic rings. The van der Waals surface area contributed by atoms with Crippen LogP contribution in [0.2, 0.25) is 0 Å². The van der Waals surface area contributed by atoms with E-state index in [0.717, 1.165) is 5.56 Å². The lowest BCUT2D eigenvalue weighted by Gasteiger charge is -2.27. The van der Waals surface area contributed by atoms with E-state index < -0.39 is 10.0 Å². The van der Waals surface area contributed by atoms with Crippen molar-refractivity contribution in [2.24, 2.45) is 0 Å². The van der Waals surface area contributed by atoms with Crippen molar-refractivity contribution >= 4 is 21.6 Å². The minimum absolute atomic E-state index is 0.109. The molecule has 0 spiro atoms. The second-order valence-corrected chi connectivity index (χ2v) is 7.98. The third-order valence-corrected chi connectivity index (χ3v) is 5.82. The van der Waals surface area contributed by atoms with Gasteiger partial charge in [0.2, 0.25) is 0 Å². The number of anilines is 1. The van der Waals surface area contributed by atoms with Crippen LogP contribution in [0, 0.1) is 13.8 Å². The van der Waals surface area contributed by atoms with Crippen LogP contribution in [0.5, 0.6) is 0 Å². The van der Waals surface area contributed by atoms with Gasteiger partial charge in [0.25, 0.3) is 15.9 Å². The molecule has 1 aliphatic rings. The number of carbonyl (C=O) groups excluding carboxylic acids is 1. The maximum Gasteiger partial charge on any atom is 0.261 e. The minimum Gasteiger partial charge on any atom is -0.378 e. The smallest absolute Gasteiger partial charge is 0.261 e. The number of nitrogens with zero attached hydrogens (tertiary/aromatic N) is 1. The van der Waals surface area contributed by atoms with E-state index in [1.54, 1.807) is 54.3 Å². The summed E-state index contributed by atoms with van der Waals surface area (Å²) in [7, 11) is -3.71. The van der Waals surface area contributed by atoms with Crippen LogP contribution in [0.15, 0.2) is 47.4 Å². The number of benzene rings is 2. The molecular weight excluding hydrogens is 352 g/mol. The third-order valence-electron chi connectivity index (χ3n) is 4.44. The summed E-state index contributed by atoms with van der Waals surface area (Å²) in [5.41, 5.74) is 2.50. The summed E-state index contributed by atoms with van der Waals surface area (Å²) in [6.07, 6.45) is 0. The van der Waals surface area contributed by atoms with E-state index in [9.17, 15) is 13.2 Å². The van der Waals surface area contributed by atoms with Gasteiger partial charge in [-0.15, -0.1) is 0 Å². The second-order valence-electron chi connectivity index (χ2n) is 6.30. The van der Waals surface area contributed by atoms with E-state index in [0.29, 0.717) is 43.1 Å². The fourth-order valence-electron chi connectivity index (χ4n) is 2.84. The summed E-state index contributed by atoms with van der Waals surface area (Å²) < 4.78 is 33.1. The van der Waals surface area contributed by atoms with Crippen molar-refractivity contribution in [3.05, 3.63) is 59.2 Å². The quantitative estimate of drug-likeness (QED) is 0.892. The summed E-state index contributed by atoms with van der Waals surface area (Å²) in [6, 6.07) is 11.7. The Hall–Kier alpha value is -2.38. The first kappa shape index (κ1) is 18.4. The molecule has 26 heavy (non-hydrogen) atoms. The summed E-state index contributed by atoms with van der Waals surface area (Å²) >= 11 is 0. The largest absolute Gasteiger partial charge is 0.378 e. The normalized spacial score (nSPS) is 14.9. The average Bonchev–Trinajstić information content (AvgIpc) is 2.64. The number of aryl methyl sites for hydroxylation is 1. The molecule has 1 amide bonds. The molecule has 1 heterocycles. The highest BCUT2D eigenvalue weighted by Crippen LogP contribution is 2.24. The van der Waals surface area contributed by atoms with Gasteiger partial charge in [-0.3, -0.25) is 9.52 Å². The molecule has 0 unspecified atom stereocenters. The van der Waals surface area contributed by atoms with Crippen molar-refractivity contribution in [2.75, 3.05) is 31.0 Å². The molecule has 6 nitrogen and oxygen atoms in total. The van der Waals surface area contributed by atoms with Gasteiger partial charge in [0.1, 0.15) is 0 Å². The van der Waals surface area contributed by atoms with Crippen LogP contribution in [0.3, 0.4) is 0 Å². The van der Waals surface area contributed by atoms with E-state index >= 15 is 0 Å². The molecule has 1 aliphatic heterocycles. The van der Waals surface area contributed by atoms with Crippen LogP contribution in [0.1, 0.15) is 21.5 Å². The monoisotopic (exact) mass is 374 g/mol. The highest BCUT2D eigenvalue weighted by molar-refractivity contribution is 7.92. The highest BCUT2D eigenvalue weighted by Gasteiger charge is 2.22. The first-order chi connectivity index (χ1) is 12.4. The predicted octanol–water partition coefficient (Wildman–Crippen LogP) is 2.58. The Kier molecular flexibility index (Phi) is 5.29. The third kappa shape index (κ3) is 3.89. The Morgan fingerprint density at radius 2 is 1.69 bits per heavy atom. The number of amides is 1. The van der Waals surface area contributed by atoms with Crippen LogP contribution in [0.4, 0.5) is 5.69 Å². The highest BCUT2D eigenvalue weighted by atomic mass is 32.2. The van der Waals surface area contributed by atoms with E-state index in [-0.39, 0.29) is 10.8 Å². The van der Waals surface area contributed by atoms with Gasteiger partial charge < -0.3 is 9.64 Å². The summed E-state index contributed by atoms with van der Waals surface area (Å²) in [5, 5.41) is 0. The van der Waals surface area contributed by atoms with Gasteiger partial charge in [-0.05, 0) is 43.7 Å². The lowest BCUT2D eigenvalue weighted by atomic mass is 10.1. The standard InChI is InChI=1S/C19H22N2O4S/c1-14-6-8-16(9-7-14)26(23,24)20-18-5-3-4-17(15(18)2)19(22)21-10-12-25-13-11-21/h3-9,20H,10-13H2,1-2H3. The molecule has 138 valence electrons. The molecule has 0 bridgehead atoms. The molecule has 0 aliphatic carbocycles. The molecule has 3 rings (SSSR count). The maximum absolute atomic E-state index is 12.7. The average molecular weight is 374 g/mol. The summed E-state index contributed by atoms with van der Waals surface area (Å²) in [6.45, 7) is 5.76. The van der Waals surface area contributed by atoms with Gasteiger partial charge >= 0.3 is 0 Å². The van der Waals surface area contributed by atoms with E-state index in [1.807, 2.05) is 6.92 Å². The van der Waals surface area contributed by atoms with Crippen LogP contribution in [0.25, 0.3) is 0 Å². The Bertz CT molecular complexity index is 902. The predicted molar refractivity (Wildman–Crippen MR) is 99.9 cm³/mol. The molecule has 1 fully saturated rings. The number of nitrogens with one attached hydrogen (secondary N) is 1. The number of hydrogen-bond donors (Lipinski definition) is 1. The molecule has 0 atom stereocenters. The zero-order chi connectivity index (χ0) is 18.7. The Morgan fingerprint density at radius 3 is 2.35 bits per heavy atom. The fraction of sp³-hybridized carbons (Fsp3) is 0.316. The van der Waals surface area contributed by atoms with Gasteiger partial charge in [-0.2, -0.15) is 0 Å². The van der Waals surface area contributed by atoms with E-state index in [2.05, 4.69) is 4.72 Å². The maximum atomic E-state index is 12.7. The summed E-state index contributed by atoms with van der Waals surface area (Å²) in [4.78, 5) is 14.7. The van der Waals surface area contributed by atoms with Crippen molar-refractivity contribution in [2.45, 2.75) is 18.7 Å². The Balaban J connectivity index is 1.87. The van der Waals surface area contributed by atoms with Crippen LogP contribution >= 0.6 is 0 Å². The van der Waals surface area contributed by atoms with Crippen molar-refractivity contribution in [3.63, 3.8) is 0 Å². The molecule has 0 saturated carbocycles. The topological polar surface area (TPSA) is 75.7 Å². The first-order valence-electron chi connectivity index (χ1n) is 8.44. The zero-order valence-corrected chi connectivity index (χ0v) is 15.7. The van der Waals surface area contributed by atoms with Gasteiger partial charge in [0, 0.05) is 18.7 Å². The molecule has 2 aromatic carbocycles. The fourth-order valence-corrected chi connectivity index (χ4v) is 3.96. The second kappa shape index (κ2) is 7.47. The number of hydrogen-bond acceptors (Lipinski definition) is 4. The number of morpholine rings is 1. The number of ether oxygens (including phenoxy) is 1. The van der Waals surface area contributed by atoms with Crippen molar-refractivity contribution in [1.29, 1.82) is 0 Å². The minimum atomic E-state index is -3.71.